The van der Waals surface area contributed by atoms with E-state index in [1.807, 2.05) is 30.9 Å². The third-order valence-electron chi connectivity index (χ3n) is 4.24. The van der Waals surface area contributed by atoms with Gasteiger partial charge < -0.3 is 15.5 Å². The Kier molecular flexibility index (Phi) is 7.19. The van der Waals surface area contributed by atoms with Crippen LogP contribution >= 0.6 is 24.8 Å². The van der Waals surface area contributed by atoms with Crippen molar-refractivity contribution < 1.29 is 4.79 Å². The molecule has 0 aliphatic carbocycles. The van der Waals surface area contributed by atoms with Gasteiger partial charge in [0.05, 0.1) is 5.92 Å². The molecule has 3 heterocycles. The number of carbonyl (C=O) groups is 1. The second-order valence-corrected chi connectivity index (χ2v) is 5.79. The molecule has 8 nitrogen and oxygen atoms in total. The Morgan fingerprint density at radius 1 is 1.17 bits per heavy atom. The minimum Gasteiger partial charge on any atom is -0.352 e. The van der Waals surface area contributed by atoms with E-state index in [1.165, 1.54) is 0 Å². The number of halogens is 2. The van der Waals surface area contributed by atoms with E-state index in [0.717, 1.165) is 24.6 Å². The first-order chi connectivity index (χ1) is 10.6. The van der Waals surface area contributed by atoms with Gasteiger partial charge in [-0.15, -0.1) is 40.1 Å². The molecule has 10 heteroatoms. The van der Waals surface area contributed by atoms with Crippen LogP contribution in [0.2, 0.25) is 0 Å². The summed E-state index contributed by atoms with van der Waals surface area (Å²) in [5.74, 6) is 0.870. The number of piperazine rings is 1. The van der Waals surface area contributed by atoms with Gasteiger partial charge in [0.2, 0.25) is 5.91 Å². The van der Waals surface area contributed by atoms with E-state index in [2.05, 4.69) is 20.2 Å². The lowest BCUT2D eigenvalue weighted by Crippen LogP contribution is -2.52. The van der Waals surface area contributed by atoms with Crippen LogP contribution in [0, 0.1) is 5.92 Å². The number of nitrogens with two attached hydrogens (primary N) is 1. The van der Waals surface area contributed by atoms with Crippen molar-refractivity contribution in [1.82, 2.24) is 24.7 Å². The minimum absolute atomic E-state index is 0. The summed E-state index contributed by atoms with van der Waals surface area (Å²) in [5, 5.41) is 12.3. The molecule has 3 rings (SSSR count). The van der Waals surface area contributed by atoms with Crippen LogP contribution in [0.4, 0.5) is 5.82 Å². The Morgan fingerprint density at radius 2 is 1.83 bits per heavy atom. The molecule has 1 aliphatic heterocycles. The van der Waals surface area contributed by atoms with Gasteiger partial charge in [0, 0.05) is 32.2 Å². The topological polar surface area (TPSA) is 92.7 Å². The van der Waals surface area contributed by atoms with Crippen LogP contribution in [0.5, 0.6) is 0 Å². The summed E-state index contributed by atoms with van der Waals surface area (Å²) in [6.07, 6.45) is 1.59. The number of rotatable bonds is 3. The molecule has 0 radical (unpaired) electrons. The summed E-state index contributed by atoms with van der Waals surface area (Å²) in [6, 6.07) is 3.71. The zero-order valence-electron chi connectivity index (χ0n) is 13.7. The number of amides is 1. The molecule has 24 heavy (non-hydrogen) atoms. The van der Waals surface area contributed by atoms with Crippen LogP contribution in [-0.4, -0.2) is 62.8 Å². The lowest BCUT2D eigenvalue weighted by molar-refractivity contribution is -0.135. The van der Waals surface area contributed by atoms with Gasteiger partial charge in [-0.2, -0.15) is 4.52 Å². The molecule has 0 bridgehead atoms. The highest BCUT2D eigenvalue weighted by Gasteiger charge is 2.27. The molecule has 134 valence electrons. The minimum atomic E-state index is -0.141. The Balaban J connectivity index is 0.00000144. The zero-order valence-corrected chi connectivity index (χ0v) is 15.3. The first kappa shape index (κ1) is 20.4. The maximum absolute atomic E-state index is 12.3. The van der Waals surface area contributed by atoms with Crippen molar-refractivity contribution in [3.05, 3.63) is 18.5 Å². The Hall–Kier alpha value is -1.64. The average molecular weight is 376 g/mol. The summed E-state index contributed by atoms with van der Waals surface area (Å²) in [7, 11) is 0. The van der Waals surface area contributed by atoms with Crippen LogP contribution in [0.1, 0.15) is 13.8 Å². The SMILES string of the molecule is CC(N)C(C)C(=O)N1CCN(c2ccc3nncn3n2)CC1.Cl.Cl. The van der Waals surface area contributed by atoms with Crippen molar-refractivity contribution in [3.63, 3.8) is 0 Å². The molecule has 2 aromatic heterocycles. The molecule has 0 aromatic carbocycles. The number of nitrogens with zero attached hydrogens (tertiary/aromatic N) is 6. The fourth-order valence-corrected chi connectivity index (χ4v) is 2.56. The Labute approximate surface area is 153 Å². The van der Waals surface area contributed by atoms with Crippen LogP contribution in [0.3, 0.4) is 0 Å². The first-order valence-electron chi connectivity index (χ1n) is 7.52. The molecular formula is C14H23Cl2N7O. The van der Waals surface area contributed by atoms with Crippen molar-refractivity contribution in [2.24, 2.45) is 11.7 Å². The molecule has 2 atom stereocenters. The molecule has 0 spiro atoms. The third kappa shape index (κ3) is 4.06. The summed E-state index contributed by atoms with van der Waals surface area (Å²) in [6.45, 7) is 6.67. The van der Waals surface area contributed by atoms with Crippen molar-refractivity contribution in [2.75, 3.05) is 31.1 Å². The molecule has 2 aromatic rings. The third-order valence-corrected chi connectivity index (χ3v) is 4.24. The molecular weight excluding hydrogens is 353 g/mol. The number of aromatic nitrogens is 4. The fraction of sp³-hybridized carbons (Fsp3) is 0.571. The highest BCUT2D eigenvalue weighted by atomic mass is 35.5. The summed E-state index contributed by atoms with van der Waals surface area (Å²) >= 11 is 0. The molecule has 1 fully saturated rings. The maximum atomic E-state index is 12.3. The van der Waals surface area contributed by atoms with Gasteiger partial charge in [0.25, 0.3) is 0 Å². The van der Waals surface area contributed by atoms with Crippen LogP contribution < -0.4 is 10.6 Å². The lowest BCUT2D eigenvalue weighted by atomic mass is 10.0. The predicted molar refractivity (Wildman–Crippen MR) is 96.9 cm³/mol. The van der Waals surface area contributed by atoms with E-state index in [9.17, 15) is 4.79 Å². The lowest BCUT2D eigenvalue weighted by Gasteiger charge is -2.36. The van der Waals surface area contributed by atoms with E-state index in [4.69, 9.17) is 5.73 Å². The molecule has 0 saturated carbocycles. The molecule has 1 aliphatic rings. The van der Waals surface area contributed by atoms with Crippen molar-refractivity contribution in [3.8, 4) is 0 Å². The molecule has 1 amide bonds. The monoisotopic (exact) mass is 375 g/mol. The number of hydrogen-bond donors (Lipinski definition) is 1. The maximum Gasteiger partial charge on any atom is 0.227 e. The van der Waals surface area contributed by atoms with Gasteiger partial charge in [-0.1, -0.05) is 6.92 Å². The van der Waals surface area contributed by atoms with Crippen molar-refractivity contribution in [2.45, 2.75) is 19.9 Å². The number of anilines is 1. The second-order valence-electron chi connectivity index (χ2n) is 5.79. The molecule has 2 N–H and O–H groups in total. The van der Waals surface area contributed by atoms with Gasteiger partial charge in [0.15, 0.2) is 5.65 Å². The Morgan fingerprint density at radius 3 is 2.46 bits per heavy atom. The highest BCUT2D eigenvalue weighted by molar-refractivity contribution is 5.85. The standard InChI is InChI=1S/C14H21N7O.2ClH/c1-10(11(2)15)14(22)20-7-5-19(6-8-20)13-4-3-12-17-16-9-21(12)18-13;;/h3-4,9-11H,5-8,15H2,1-2H3;2*1H. The van der Waals surface area contributed by atoms with Gasteiger partial charge in [-0.05, 0) is 19.1 Å². The van der Waals surface area contributed by atoms with Gasteiger partial charge in [0.1, 0.15) is 12.1 Å². The van der Waals surface area contributed by atoms with Gasteiger partial charge in [-0.25, -0.2) is 0 Å². The van der Waals surface area contributed by atoms with Gasteiger partial charge >= 0.3 is 0 Å². The smallest absolute Gasteiger partial charge is 0.227 e. The number of carbonyl (C=O) groups excluding carboxylic acids is 1. The second kappa shape index (κ2) is 8.46. The van der Waals surface area contributed by atoms with E-state index >= 15 is 0 Å². The fourth-order valence-electron chi connectivity index (χ4n) is 2.56. The number of hydrogen-bond acceptors (Lipinski definition) is 6. The largest absolute Gasteiger partial charge is 0.352 e. The van der Waals surface area contributed by atoms with E-state index in [-0.39, 0.29) is 42.7 Å². The highest BCUT2D eigenvalue weighted by Crippen LogP contribution is 2.15. The quantitative estimate of drug-likeness (QED) is 0.844. The number of fused-ring (bicyclic) bond motifs is 1. The zero-order chi connectivity index (χ0) is 15.7. The summed E-state index contributed by atoms with van der Waals surface area (Å²) in [4.78, 5) is 16.4. The first-order valence-corrected chi connectivity index (χ1v) is 7.52. The molecule has 2 unspecified atom stereocenters. The van der Waals surface area contributed by atoms with Crippen LogP contribution in [0.15, 0.2) is 18.5 Å². The van der Waals surface area contributed by atoms with Gasteiger partial charge in [-0.3, -0.25) is 4.79 Å². The van der Waals surface area contributed by atoms with E-state index in [0.29, 0.717) is 13.1 Å². The Bertz CT molecular complexity index is 670. The van der Waals surface area contributed by atoms with Crippen molar-refractivity contribution in [1.29, 1.82) is 0 Å². The summed E-state index contributed by atoms with van der Waals surface area (Å²) < 4.78 is 1.66. The average Bonchev–Trinajstić information content (AvgIpc) is 3.01. The van der Waals surface area contributed by atoms with Crippen molar-refractivity contribution >= 4 is 42.2 Å². The normalized spacial score (nSPS) is 17.0. The summed E-state index contributed by atoms with van der Waals surface area (Å²) in [5.41, 5.74) is 6.55. The molecule has 1 saturated heterocycles. The van der Waals surface area contributed by atoms with Crippen LogP contribution in [0.25, 0.3) is 5.65 Å². The van der Waals surface area contributed by atoms with Crippen LogP contribution in [-0.2, 0) is 4.79 Å². The van der Waals surface area contributed by atoms with E-state index in [1.54, 1.807) is 10.8 Å². The van der Waals surface area contributed by atoms with E-state index < -0.39 is 0 Å². The predicted octanol–water partition coefficient (Wildman–Crippen LogP) is 0.600.